The molecule has 0 atom stereocenters. The van der Waals surface area contributed by atoms with Crippen LogP contribution >= 0.6 is 0 Å². The van der Waals surface area contributed by atoms with Crippen molar-refractivity contribution >= 4 is 5.91 Å². The van der Waals surface area contributed by atoms with Crippen LogP contribution in [0, 0.1) is 20.8 Å². The first-order valence-corrected chi connectivity index (χ1v) is 8.89. The Bertz CT molecular complexity index is 730. The number of aryl methyl sites for hydroxylation is 4. The van der Waals surface area contributed by atoms with E-state index < -0.39 is 0 Å². The van der Waals surface area contributed by atoms with Gasteiger partial charge in [-0.15, -0.1) is 0 Å². The largest absolute Gasteiger partial charge is 0.435 e. The summed E-state index contributed by atoms with van der Waals surface area (Å²) >= 11 is 0. The van der Waals surface area contributed by atoms with E-state index in [1.54, 1.807) is 0 Å². The molecule has 2 aromatic rings. The SMILES string of the molecule is CCc1nc(C)c(C(=O)N2CCCN(Cc3c(C)noc3C)CC2)o1. The molecule has 1 aliphatic rings. The Morgan fingerprint density at radius 1 is 1.12 bits per heavy atom. The van der Waals surface area contributed by atoms with Gasteiger partial charge in [-0.05, 0) is 27.2 Å². The van der Waals surface area contributed by atoms with Gasteiger partial charge in [0, 0.05) is 44.7 Å². The van der Waals surface area contributed by atoms with Gasteiger partial charge in [-0.1, -0.05) is 12.1 Å². The Morgan fingerprint density at radius 2 is 1.92 bits per heavy atom. The molecule has 7 nitrogen and oxygen atoms in total. The lowest BCUT2D eigenvalue weighted by Gasteiger charge is -2.21. The molecule has 1 aliphatic heterocycles. The summed E-state index contributed by atoms with van der Waals surface area (Å²) < 4.78 is 10.9. The van der Waals surface area contributed by atoms with E-state index in [-0.39, 0.29) is 5.91 Å². The van der Waals surface area contributed by atoms with Gasteiger partial charge >= 0.3 is 0 Å². The minimum absolute atomic E-state index is 0.0520. The molecule has 2 aromatic heterocycles. The van der Waals surface area contributed by atoms with Crippen molar-refractivity contribution in [1.82, 2.24) is 19.9 Å². The van der Waals surface area contributed by atoms with Crippen LogP contribution in [0.5, 0.6) is 0 Å². The van der Waals surface area contributed by atoms with Gasteiger partial charge in [-0.2, -0.15) is 0 Å². The van der Waals surface area contributed by atoms with Crippen molar-refractivity contribution in [2.24, 2.45) is 0 Å². The summed E-state index contributed by atoms with van der Waals surface area (Å²) in [5.74, 6) is 1.83. The Balaban J connectivity index is 1.65. The fourth-order valence-corrected chi connectivity index (χ4v) is 3.23. The van der Waals surface area contributed by atoms with E-state index in [1.807, 2.05) is 32.6 Å². The Morgan fingerprint density at radius 3 is 2.56 bits per heavy atom. The van der Waals surface area contributed by atoms with Gasteiger partial charge in [0.1, 0.15) is 5.76 Å². The topological polar surface area (TPSA) is 75.6 Å². The lowest BCUT2D eigenvalue weighted by atomic mass is 10.2. The minimum Gasteiger partial charge on any atom is -0.435 e. The van der Waals surface area contributed by atoms with Crippen LogP contribution in [-0.2, 0) is 13.0 Å². The van der Waals surface area contributed by atoms with Gasteiger partial charge in [0.15, 0.2) is 5.89 Å². The summed E-state index contributed by atoms with van der Waals surface area (Å²) in [7, 11) is 0. The number of amides is 1. The predicted octanol–water partition coefficient (Wildman–Crippen LogP) is 2.50. The number of nitrogens with zero attached hydrogens (tertiary/aromatic N) is 4. The van der Waals surface area contributed by atoms with Crippen LogP contribution < -0.4 is 0 Å². The lowest BCUT2D eigenvalue weighted by Crippen LogP contribution is -2.35. The van der Waals surface area contributed by atoms with Gasteiger partial charge in [0.05, 0.1) is 11.4 Å². The summed E-state index contributed by atoms with van der Waals surface area (Å²) in [6.45, 7) is 11.7. The molecule has 0 aliphatic carbocycles. The Labute approximate surface area is 148 Å². The summed E-state index contributed by atoms with van der Waals surface area (Å²) in [5.41, 5.74) is 2.77. The maximum absolute atomic E-state index is 12.8. The normalized spacial score (nSPS) is 16.2. The van der Waals surface area contributed by atoms with Crippen molar-refractivity contribution < 1.29 is 13.7 Å². The molecule has 1 saturated heterocycles. The highest BCUT2D eigenvalue weighted by molar-refractivity contribution is 5.92. The van der Waals surface area contributed by atoms with Crippen LogP contribution in [0.4, 0.5) is 0 Å². The third-order valence-corrected chi connectivity index (χ3v) is 4.78. The van der Waals surface area contributed by atoms with Gasteiger partial charge in [0.25, 0.3) is 5.91 Å². The van der Waals surface area contributed by atoms with Gasteiger partial charge in [-0.3, -0.25) is 9.69 Å². The van der Waals surface area contributed by atoms with Crippen molar-refractivity contribution in [2.75, 3.05) is 26.2 Å². The van der Waals surface area contributed by atoms with Crippen molar-refractivity contribution in [3.8, 4) is 0 Å². The lowest BCUT2D eigenvalue weighted by molar-refractivity contribution is 0.0726. The van der Waals surface area contributed by atoms with Gasteiger partial charge in [-0.25, -0.2) is 4.98 Å². The number of carbonyl (C=O) groups excluding carboxylic acids is 1. The molecule has 3 heterocycles. The summed E-state index contributed by atoms with van der Waals surface area (Å²) in [6.07, 6.45) is 1.63. The molecule has 0 saturated carbocycles. The van der Waals surface area contributed by atoms with E-state index in [4.69, 9.17) is 8.94 Å². The molecule has 0 N–H and O–H groups in total. The van der Waals surface area contributed by atoms with E-state index in [0.717, 1.165) is 49.6 Å². The van der Waals surface area contributed by atoms with Crippen LogP contribution in [0.15, 0.2) is 8.94 Å². The number of hydrogen-bond donors (Lipinski definition) is 0. The van der Waals surface area contributed by atoms with E-state index in [9.17, 15) is 4.79 Å². The van der Waals surface area contributed by atoms with E-state index in [0.29, 0.717) is 30.3 Å². The molecular weight excluding hydrogens is 320 g/mol. The zero-order chi connectivity index (χ0) is 18.0. The molecule has 136 valence electrons. The second-order valence-corrected chi connectivity index (χ2v) is 6.60. The average Bonchev–Trinajstić information content (AvgIpc) is 3.02. The van der Waals surface area contributed by atoms with Gasteiger partial charge in [0.2, 0.25) is 5.76 Å². The fourth-order valence-electron chi connectivity index (χ4n) is 3.23. The van der Waals surface area contributed by atoms with Crippen molar-refractivity contribution in [3.05, 3.63) is 34.4 Å². The number of rotatable bonds is 4. The highest BCUT2D eigenvalue weighted by Gasteiger charge is 2.26. The molecule has 0 spiro atoms. The van der Waals surface area contributed by atoms with Gasteiger partial charge < -0.3 is 13.8 Å². The molecular formula is C18H26N4O3. The van der Waals surface area contributed by atoms with Crippen LogP contribution in [0.25, 0.3) is 0 Å². The quantitative estimate of drug-likeness (QED) is 0.847. The summed E-state index contributed by atoms with van der Waals surface area (Å²) in [4.78, 5) is 21.3. The number of aromatic nitrogens is 2. The molecule has 1 amide bonds. The first-order valence-electron chi connectivity index (χ1n) is 8.89. The smallest absolute Gasteiger partial charge is 0.291 e. The first-order chi connectivity index (χ1) is 12.0. The second kappa shape index (κ2) is 7.39. The van der Waals surface area contributed by atoms with Crippen molar-refractivity contribution in [2.45, 2.75) is 47.1 Å². The molecule has 3 rings (SSSR count). The molecule has 0 bridgehead atoms. The zero-order valence-corrected chi connectivity index (χ0v) is 15.5. The van der Waals surface area contributed by atoms with Crippen LogP contribution in [0.3, 0.4) is 0 Å². The molecule has 1 fully saturated rings. The molecule has 25 heavy (non-hydrogen) atoms. The third-order valence-electron chi connectivity index (χ3n) is 4.78. The number of hydrogen-bond acceptors (Lipinski definition) is 6. The highest BCUT2D eigenvalue weighted by Crippen LogP contribution is 2.18. The third kappa shape index (κ3) is 3.76. The average molecular weight is 346 g/mol. The second-order valence-electron chi connectivity index (χ2n) is 6.60. The van der Waals surface area contributed by atoms with Crippen LogP contribution in [-0.4, -0.2) is 52.0 Å². The number of carbonyl (C=O) groups is 1. The molecule has 0 unspecified atom stereocenters. The fraction of sp³-hybridized carbons (Fsp3) is 0.611. The van der Waals surface area contributed by atoms with E-state index in [1.165, 1.54) is 0 Å². The maximum Gasteiger partial charge on any atom is 0.291 e. The Hall–Kier alpha value is -2.15. The Kier molecular flexibility index (Phi) is 5.22. The summed E-state index contributed by atoms with van der Waals surface area (Å²) in [5, 5.41) is 4.02. The standard InChI is InChI=1S/C18H26N4O3/c1-5-16-19-13(3)17(24-16)18(23)22-8-6-7-21(9-10-22)11-15-12(2)20-25-14(15)4/h5-11H2,1-4H3. The molecule has 7 heteroatoms. The van der Waals surface area contributed by atoms with E-state index in [2.05, 4.69) is 15.0 Å². The minimum atomic E-state index is -0.0520. The van der Waals surface area contributed by atoms with Crippen molar-refractivity contribution in [3.63, 3.8) is 0 Å². The number of oxazole rings is 1. The van der Waals surface area contributed by atoms with Crippen LogP contribution in [0.2, 0.25) is 0 Å². The predicted molar refractivity (Wildman–Crippen MR) is 92.4 cm³/mol. The maximum atomic E-state index is 12.8. The van der Waals surface area contributed by atoms with Crippen LogP contribution in [0.1, 0.15) is 52.5 Å². The molecule has 0 aromatic carbocycles. The molecule has 0 radical (unpaired) electrons. The first kappa shape index (κ1) is 17.7. The zero-order valence-electron chi connectivity index (χ0n) is 15.5. The van der Waals surface area contributed by atoms with E-state index >= 15 is 0 Å². The highest BCUT2D eigenvalue weighted by atomic mass is 16.5. The monoisotopic (exact) mass is 346 g/mol. The summed E-state index contributed by atoms with van der Waals surface area (Å²) in [6, 6.07) is 0. The van der Waals surface area contributed by atoms with Crippen molar-refractivity contribution in [1.29, 1.82) is 0 Å².